The van der Waals surface area contributed by atoms with Crippen LogP contribution in [0.3, 0.4) is 0 Å². The number of fused-ring (bicyclic) bond motifs is 1. The van der Waals surface area contributed by atoms with E-state index in [-0.39, 0.29) is 5.91 Å². The Labute approximate surface area is 160 Å². The molecule has 2 aromatic heterocycles. The summed E-state index contributed by atoms with van der Waals surface area (Å²) in [6, 6.07) is 7.98. The Morgan fingerprint density at radius 3 is 2.59 bits per heavy atom. The molecule has 1 N–H and O–H groups in total. The van der Waals surface area contributed by atoms with Gasteiger partial charge in [0, 0.05) is 25.3 Å². The van der Waals surface area contributed by atoms with Crippen molar-refractivity contribution in [1.82, 2.24) is 24.2 Å². The molecule has 0 bridgehead atoms. The summed E-state index contributed by atoms with van der Waals surface area (Å²) in [5.74, 6) is 0.406. The summed E-state index contributed by atoms with van der Waals surface area (Å²) in [6.45, 7) is 12.7. The fraction of sp³-hybridized carbons (Fsp3) is 0.450. The van der Waals surface area contributed by atoms with E-state index in [9.17, 15) is 4.79 Å². The number of hydrogen-bond acceptors (Lipinski definition) is 4. The Morgan fingerprint density at radius 1 is 1.19 bits per heavy atom. The molecule has 2 heterocycles. The number of carbonyl (C=O) groups excluding carboxylic acids is 1. The highest BCUT2D eigenvalue weighted by molar-refractivity contribution is 6.04. The van der Waals surface area contributed by atoms with Crippen LogP contribution in [-0.2, 0) is 13.1 Å². The van der Waals surface area contributed by atoms with Crippen molar-refractivity contribution < 1.29 is 4.79 Å². The van der Waals surface area contributed by atoms with Crippen LogP contribution in [0.25, 0.3) is 11.0 Å². The van der Waals surface area contributed by atoms with E-state index in [1.54, 1.807) is 6.20 Å². The molecule has 7 heteroatoms. The van der Waals surface area contributed by atoms with Gasteiger partial charge < -0.3 is 9.47 Å². The third-order valence-corrected chi connectivity index (χ3v) is 5.06. The first-order valence-electron chi connectivity index (χ1n) is 9.60. The van der Waals surface area contributed by atoms with Gasteiger partial charge in [-0.15, -0.1) is 0 Å². The first-order valence-corrected chi connectivity index (χ1v) is 9.60. The third-order valence-electron chi connectivity index (χ3n) is 5.06. The Hall–Kier alpha value is -2.67. The second-order valence-corrected chi connectivity index (χ2v) is 6.52. The van der Waals surface area contributed by atoms with Crippen molar-refractivity contribution in [2.75, 3.05) is 25.0 Å². The fourth-order valence-electron chi connectivity index (χ4n) is 3.34. The molecule has 1 aromatic carbocycles. The second kappa shape index (κ2) is 8.35. The van der Waals surface area contributed by atoms with Crippen LogP contribution >= 0.6 is 0 Å². The average Bonchev–Trinajstić information content (AvgIpc) is 3.22. The molecule has 0 aliphatic rings. The topological polar surface area (TPSA) is 68.0 Å². The van der Waals surface area contributed by atoms with Gasteiger partial charge in [-0.1, -0.05) is 26.0 Å². The molecule has 0 atom stereocenters. The van der Waals surface area contributed by atoms with Gasteiger partial charge in [-0.05, 0) is 39.1 Å². The van der Waals surface area contributed by atoms with E-state index in [1.165, 1.54) is 0 Å². The van der Waals surface area contributed by atoms with Gasteiger partial charge in [-0.3, -0.25) is 14.8 Å². The summed E-state index contributed by atoms with van der Waals surface area (Å²) < 4.78 is 3.91. The molecular formula is C20H28N6O. The third kappa shape index (κ3) is 3.88. The summed E-state index contributed by atoms with van der Waals surface area (Å²) in [6.07, 6.45) is 1.62. The lowest BCUT2D eigenvalue weighted by atomic mass is 10.2. The van der Waals surface area contributed by atoms with Crippen molar-refractivity contribution in [3.05, 3.63) is 41.7 Å². The molecule has 7 nitrogen and oxygen atoms in total. The maximum Gasteiger partial charge on any atom is 0.261 e. The summed E-state index contributed by atoms with van der Waals surface area (Å²) in [4.78, 5) is 19.8. The Kier molecular flexibility index (Phi) is 5.91. The molecule has 0 fully saturated rings. The van der Waals surface area contributed by atoms with Gasteiger partial charge in [0.1, 0.15) is 0 Å². The van der Waals surface area contributed by atoms with E-state index < -0.39 is 0 Å². The summed E-state index contributed by atoms with van der Waals surface area (Å²) >= 11 is 0. The van der Waals surface area contributed by atoms with E-state index in [2.05, 4.69) is 38.7 Å². The molecule has 0 saturated carbocycles. The van der Waals surface area contributed by atoms with Crippen LogP contribution in [0.15, 0.2) is 30.5 Å². The van der Waals surface area contributed by atoms with E-state index in [4.69, 9.17) is 0 Å². The molecular weight excluding hydrogens is 340 g/mol. The largest absolute Gasteiger partial charge is 0.309 e. The van der Waals surface area contributed by atoms with Gasteiger partial charge >= 0.3 is 0 Å². The molecule has 0 aliphatic heterocycles. The summed E-state index contributed by atoms with van der Waals surface area (Å²) in [5, 5.41) is 7.26. The van der Waals surface area contributed by atoms with Crippen molar-refractivity contribution in [3.63, 3.8) is 0 Å². The quantitative estimate of drug-likeness (QED) is 0.663. The molecule has 0 aliphatic carbocycles. The normalized spacial score (nSPS) is 11.4. The number of likely N-dealkylation sites (N-methyl/N-ethyl adjacent to an activating group) is 1. The fourth-order valence-corrected chi connectivity index (χ4v) is 3.34. The first-order chi connectivity index (χ1) is 13.1. The molecule has 1 amide bonds. The minimum Gasteiger partial charge on any atom is -0.309 e. The number of imidazole rings is 1. The maximum absolute atomic E-state index is 12.8. The lowest BCUT2D eigenvalue weighted by Crippen LogP contribution is -2.27. The molecule has 0 saturated heterocycles. The number of benzene rings is 1. The van der Waals surface area contributed by atoms with E-state index >= 15 is 0 Å². The monoisotopic (exact) mass is 368 g/mol. The van der Waals surface area contributed by atoms with Gasteiger partial charge in [0.25, 0.3) is 5.91 Å². The van der Waals surface area contributed by atoms with Gasteiger partial charge in [0.05, 0.1) is 22.8 Å². The molecule has 3 rings (SSSR count). The SMILES string of the molecule is CCN(CC)CCn1c(NC(=O)c2cnn(CC)c2C)nc2ccccc21. The Bertz CT molecular complexity index is 922. The number of rotatable bonds is 8. The zero-order chi connectivity index (χ0) is 19.4. The Balaban J connectivity index is 1.89. The number of aromatic nitrogens is 4. The van der Waals surface area contributed by atoms with Gasteiger partial charge in [0.2, 0.25) is 5.95 Å². The predicted molar refractivity (Wildman–Crippen MR) is 108 cm³/mol. The smallest absolute Gasteiger partial charge is 0.261 e. The highest BCUT2D eigenvalue weighted by Crippen LogP contribution is 2.20. The summed E-state index contributed by atoms with van der Waals surface area (Å²) in [7, 11) is 0. The average molecular weight is 368 g/mol. The number of anilines is 1. The van der Waals surface area contributed by atoms with Crippen LogP contribution in [0.5, 0.6) is 0 Å². The van der Waals surface area contributed by atoms with Gasteiger partial charge in [-0.2, -0.15) is 5.10 Å². The number of amides is 1. The zero-order valence-corrected chi connectivity index (χ0v) is 16.6. The highest BCUT2D eigenvalue weighted by Gasteiger charge is 2.18. The van der Waals surface area contributed by atoms with Crippen LogP contribution < -0.4 is 5.32 Å². The minimum atomic E-state index is -0.174. The number of para-hydroxylation sites is 2. The van der Waals surface area contributed by atoms with Gasteiger partial charge in [0.15, 0.2) is 0 Å². The molecule has 0 spiro atoms. The van der Waals surface area contributed by atoms with Crippen molar-refractivity contribution in [2.45, 2.75) is 40.8 Å². The first kappa shape index (κ1) is 19.1. The van der Waals surface area contributed by atoms with Crippen molar-refractivity contribution >= 4 is 22.9 Å². The molecule has 0 unspecified atom stereocenters. The second-order valence-electron chi connectivity index (χ2n) is 6.52. The number of carbonyl (C=O) groups is 1. The number of nitrogens with zero attached hydrogens (tertiary/aromatic N) is 5. The van der Waals surface area contributed by atoms with Crippen molar-refractivity contribution in [3.8, 4) is 0 Å². The Morgan fingerprint density at radius 2 is 1.93 bits per heavy atom. The van der Waals surface area contributed by atoms with Crippen molar-refractivity contribution in [2.24, 2.45) is 0 Å². The maximum atomic E-state index is 12.8. The lowest BCUT2D eigenvalue weighted by molar-refractivity contribution is 0.102. The molecule has 144 valence electrons. The van der Waals surface area contributed by atoms with Crippen LogP contribution in [-0.4, -0.2) is 49.8 Å². The van der Waals surface area contributed by atoms with E-state index in [1.807, 2.05) is 42.8 Å². The lowest BCUT2D eigenvalue weighted by Gasteiger charge is -2.19. The van der Waals surface area contributed by atoms with E-state index in [0.717, 1.165) is 49.5 Å². The predicted octanol–water partition coefficient (Wildman–Crippen LogP) is 3.16. The number of hydrogen-bond donors (Lipinski definition) is 1. The van der Waals surface area contributed by atoms with Crippen LogP contribution in [0.4, 0.5) is 5.95 Å². The van der Waals surface area contributed by atoms with Crippen LogP contribution in [0.1, 0.15) is 36.8 Å². The number of aryl methyl sites for hydroxylation is 1. The number of nitrogens with one attached hydrogen (secondary N) is 1. The van der Waals surface area contributed by atoms with Crippen LogP contribution in [0, 0.1) is 6.92 Å². The van der Waals surface area contributed by atoms with E-state index in [0.29, 0.717) is 11.5 Å². The van der Waals surface area contributed by atoms with Crippen molar-refractivity contribution in [1.29, 1.82) is 0 Å². The highest BCUT2D eigenvalue weighted by atomic mass is 16.1. The summed E-state index contributed by atoms with van der Waals surface area (Å²) in [5.41, 5.74) is 3.36. The standard InChI is InChI=1S/C20H28N6O/c1-5-24(6-2)12-13-25-18-11-9-8-10-17(18)22-20(25)23-19(27)16-14-21-26(7-3)15(16)4/h8-11,14H,5-7,12-13H2,1-4H3,(H,22,23,27). The molecule has 0 radical (unpaired) electrons. The molecule has 3 aromatic rings. The minimum absolute atomic E-state index is 0.174. The van der Waals surface area contributed by atoms with Crippen LogP contribution in [0.2, 0.25) is 0 Å². The zero-order valence-electron chi connectivity index (χ0n) is 16.6. The van der Waals surface area contributed by atoms with Gasteiger partial charge in [-0.25, -0.2) is 4.98 Å². The molecule has 27 heavy (non-hydrogen) atoms.